The lowest BCUT2D eigenvalue weighted by molar-refractivity contribution is 1.25. The van der Waals surface area contributed by atoms with Gasteiger partial charge in [-0.25, -0.2) is 0 Å². The summed E-state index contributed by atoms with van der Waals surface area (Å²) < 4.78 is 0. The van der Waals surface area contributed by atoms with Crippen molar-refractivity contribution < 1.29 is 0 Å². The zero-order chi connectivity index (χ0) is 6.27. The summed E-state index contributed by atoms with van der Waals surface area (Å²) in [5.74, 6) is 0. The third kappa shape index (κ3) is 0.593. The van der Waals surface area contributed by atoms with Crippen molar-refractivity contribution in [3.05, 3.63) is 34.9 Å². The Hall–Kier alpha value is -0.780. The van der Waals surface area contributed by atoms with Gasteiger partial charge in [-0.15, -0.1) is 0 Å². The summed E-state index contributed by atoms with van der Waals surface area (Å²) >= 11 is 0. The first-order valence-corrected chi connectivity index (χ1v) is 3.43. The Bertz CT molecular complexity index is 226. The number of hydrogen-bond acceptors (Lipinski definition) is 0. The lowest BCUT2D eigenvalue weighted by atomic mass is 10.1. The zero-order valence-corrected chi connectivity index (χ0v) is 5.65. The van der Waals surface area contributed by atoms with Gasteiger partial charge in [0.2, 0.25) is 0 Å². The van der Waals surface area contributed by atoms with Crippen LogP contribution in [0.2, 0.25) is 0 Å². The van der Waals surface area contributed by atoms with Crippen molar-refractivity contribution in [2.75, 3.05) is 0 Å². The smallest absolute Gasteiger partial charge is 0.00888 e. The van der Waals surface area contributed by atoms with E-state index < -0.39 is 0 Å². The zero-order valence-electron chi connectivity index (χ0n) is 5.65. The second kappa shape index (κ2) is 1.60. The highest BCUT2D eigenvalue weighted by molar-refractivity contribution is 5.50. The fourth-order valence-electron chi connectivity index (χ4n) is 1.54. The Kier molecular flexibility index (Phi) is 0.895. The molecule has 0 unspecified atom stereocenters. The second-order valence-corrected chi connectivity index (χ2v) is 2.70. The first-order chi connectivity index (χ1) is 4.38. The van der Waals surface area contributed by atoms with Crippen LogP contribution in [0.5, 0.6) is 0 Å². The molecule has 9 heavy (non-hydrogen) atoms. The van der Waals surface area contributed by atoms with Crippen LogP contribution in [-0.4, -0.2) is 0 Å². The molecule has 0 heterocycles. The van der Waals surface area contributed by atoms with E-state index >= 15 is 0 Å². The van der Waals surface area contributed by atoms with E-state index in [4.69, 9.17) is 0 Å². The number of hydrogen-bond donors (Lipinski definition) is 0. The molecule has 0 aromatic heterocycles. The van der Waals surface area contributed by atoms with Crippen molar-refractivity contribution in [3.8, 4) is 0 Å². The third-order valence-electron chi connectivity index (χ3n) is 2.13. The molecule has 0 aromatic carbocycles. The van der Waals surface area contributed by atoms with E-state index in [-0.39, 0.29) is 0 Å². The lowest BCUT2D eigenvalue weighted by Crippen LogP contribution is -1.75. The Morgan fingerprint density at radius 2 is 2.22 bits per heavy atom. The van der Waals surface area contributed by atoms with Gasteiger partial charge in [-0.2, -0.15) is 0 Å². The molecule has 0 N–H and O–H groups in total. The van der Waals surface area contributed by atoms with Crippen molar-refractivity contribution in [2.24, 2.45) is 0 Å². The molecule has 0 bridgehead atoms. The summed E-state index contributed by atoms with van der Waals surface area (Å²) in [6, 6.07) is 0. The predicted molar refractivity (Wildman–Crippen MR) is 39.2 cm³/mol. The summed E-state index contributed by atoms with van der Waals surface area (Å²) in [6.45, 7) is 2.20. The van der Waals surface area contributed by atoms with Gasteiger partial charge in [0.15, 0.2) is 0 Å². The summed E-state index contributed by atoms with van der Waals surface area (Å²) in [5, 5.41) is 0. The molecule has 0 nitrogen and oxygen atoms in total. The van der Waals surface area contributed by atoms with Crippen LogP contribution in [0.15, 0.2) is 34.9 Å². The minimum Gasteiger partial charge on any atom is -0.0798 e. The molecular formula is C9H10. The van der Waals surface area contributed by atoms with Gasteiger partial charge in [0.1, 0.15) is 0 Å². The molecule has 0 aromatic rings. The minimum atomic E-state index is 1.18. The van der Waals surface area contributed by atoms with E-state index in [0.29, 0.717) is 0 Å². The Morgan fingerprint density at radius 1 is 1.33 bits per heavy atom. The van der Waals surface area contributed by atoms with Gasteiger partial charge in [0.25, 0.3) is 0 Å². The maximum Gasteiger partial charge on any atom is -0.00888 e. The van der Waals surface area contributed by atoms with Crippen molar-refractivity contribution >= 4 is 0 Å². The first kappa shape index (κ1) is 5.04. The molecule has 0 radical (unpaired) electrons. The molecule has 2 rings (SSSR count). The summed E-state index contributed by atoms with van der Waals surface area (Å²) in [7, 11) is 0. The Morgan fingerprint density at radius 3 is 3.00 bits per heavy atom. The maximum atomic E-state index is 2.31. The van der Waals surface area contributed by atoms with Gasteiger partial charge >= 0.3 is 0 Å². The van der Waals surface area contributed by atoms with E-state index in [1.807, 2.05) is 0 Å². The lowest BCUT2D eigenvalue weighted by Gasteiger charge is -1.94. The molecule has 0 heteroatoms. The molecule has 0 fully saturated rings. The van der Waals surface area contributed by atoms with Crippen molar-refractivity contribution in [2.45, 2.75) is 19.8 Å². The van der Waals surface area contributed by atoms with Gasteiger partial charge < -0.3 is 0 Å². The summed E-state index contributed by atoms with van der Waals surface area (Å²) in [6.07, 6.45) is 9.17. The minimum absolute atomic E-state index is 1.18. The van der Waals surface area contributed by atoms with E-state index in [2.05, 4.69) is 25.2 Å². The maximum absolute atomic E-state index is 2.31. The third-order valence-corrected chi connectivity index (χ3v) is 2.13. The molecule has 0 saturated carbocycles. The van der Waals surface area contributed by atoms with Crippen LogP contribution in [0.3, 0.4) is 0 Å². The van der Waals surface area contributed by atoms with E-state index in [1.165, 1.54) is 18.4 Å². The monoisotopic (exact) mass is 118 g/mol. The van der Waals surface area contributed by atoms with Crippen molar-refractivity contribution in [1.29, 1.82) is 0 Å². The van der Waals surface area contributed by atoms with Gasteiger partial charge in [-0.1, -0.05) is 23.8 Å². The normalized spacial score (nSPS) is 23.0. The molecule has 46 valence electrons. The quantitative estimate of drug-likeness (QED) is 0.458. The SMILES string of the molecule is CC1=CCC2=C1CC=C2. The van der Waals surface area contributed by atoms with Crippen LogP contribution in [0, 0.1) is 0 Å². The molecule has 0 saturated heterocycles. The standard InChI is InChI=1S/C9H10/c1-7-5-6-8-3-2-4-9(7)8/h2-3,5H,4,6H2,1H3. The van der Waals surface area contributed by atoms with Crippen molar-refractivity contribution in [3.63, 3.8) is 0 Å². The highest BCUT2D eigenvalue weighted by atomic mass is 14.2. The van der Waals surface area contributed by atoms with Crippen molar-refractivity contribution in [1.82, 2.24) is 0 Å². The summed E-state index contributed by atoms with van der Waals surface area (Å²) in [5.41, 5.74) is 4.62. The van der Waals surface area contributed by atoms with Crippen LogP contribution in [0.1, 0.15) is 19.8 Å². The average Bonchev–Trinajstić information content (AvgIpc) is 2.35. The van der Waals surface area contributed by atoms with E-state index in [9.17, 15) is 0 Å². The van der Waals surface area contributed by atoms with Crippen LogP contribution in [-0.2, 0) is 0 Å². The van der Waals surface area contributed by atoms with Crippen LogP contribution < -0.4 is 0 Å². The fraction of sp³-hybridized carbons (Fsp3) is 0.333. The first-order valence-electron chi connectivity index (χ1n) is 3.43. The predicted octanol–water partition coefficient (Wildman–Crippen LogP) is 2.59. The average molecular weight is 118 g/mol. The van der Waals surface area contributed by atoms with E-state index in [0.717, 1.165) is 0 Å². The molecule has 0 aliphatic heterocycles. The van der Waals surface area contributed by atoms with Gasteiger partial charge in [0.05, 0.1) is 0 Å². The molecule has 0 amide bonds. The number of rotatable bonds is 0. The molecule has 0 atom stereocenters. The molecular weight excluding hydrogens is 108 g/mol. The van der Waals surface area contributed by atoms with Gasteiger partial charge in [-0.05, 0) is 30.9 Å². The Labute approximate surface area is 55.6 Å². The second-order valence-electron chi connectivity index (χ2n) is 2.70. The largest absolute Gasteiger partial charge is 0.0798 e. The highest BCUT2D eigenvalue weighted by Gasteiger charge is 2.14. The molecule has 2 aliphatic carbocycles. The highest BCUT2D eigenvalue weighted by Crippen LogP contribution is 2.33. The van der Waals surface area contributed by atoms with Gasteiger partial charge in [0, 0.05) is 0 Å². The van der Waals surface area contributed by atoms with Crippen LogP contribution in [0.4, 0.5) is 0 Å². The number of allylic oxidation sites excluding steroid dienone is 6. The van der Waals surface area contributed by atoms with Crippen LogP contribution >= 0.6 is 0 Å². The Balaban J connectivity index is 2.41. The summed E-state index contributed by atoms with van der Waals surface area (Å²) in [4.78, 5) is 0. The van der Waals surface area contributed by atoms with Gasteiger partial charge in [-0.3, -0.25) is 0 Å². The van der Waals surface area contributed by atoms with E-state index in [1.54, 1.807) is 11.1 Å². The fourth-order valence-corrected chi connectivity index (χ4v) is 1.54. The molecule has 2 aliphatic rings. The van der Waals surface area contributed by atoms with Crippen LogP contribution in [0.25, 0.3) is 0 Å². The molecule has 0 spiro atoms. The topological polar surface area (TPSA) is 0 Å².